The Morgan fingerprint density at radius 3 is 2.89 bits per heavy atom. The van der Waals surface area contributed by atoms with Gasteiger partial charge >= 0.3 is 0 Å². The Morgan fingerprint density at radius 1 is 1.37 bits per heavy atom. The summed E-state index contributed by atoms with van der Waals surface area (Å²) in [5.74, 6) is 0.400. The minimum absolute atomic E-state index is 0.0751. The Hall–Kier alpha value is -1.30. The highest BCUT2D eigenvalue weighted by molar-refractivity contribution is 7.16. The van der Waals surface area contributed by atoms with Crippen LogP contribution in [0.1, 0.15) is 22.8 Å². The molecule has 1 amide bonds. The van der Waals surface area contributed by atoms with Gasteiger partial charge in [-0.1, -0.05) is 40.6 Å². The summed E-state index contributed by atoms with van der Waals surface area (Å²) in [5.41, 5.74) is 6.65. The van der Waals surface area contributed by atoms with Crippen molar-refractivity contribution in [3.63, 3.8) is 0 Å². The lowest BCUT2D eigenvalue weighted by Crippen LogP contribution is -2.22. The summed E-state index contributed by atoms with van der Waals surface area (Å²) in [7, 11) is 0. The van der Waals surface area contributed by atoms with E-state index in [4.69, 9.17) is 28.9 Å². The molecule has 0 radical (unpaired) electrons. The maximum absolute atomic E-state index is 11.7. The zero-order valence-corrected chi connectivity index (χ0v) is 11.9. The number of amides is 1. The van der Waals surface area contributed by atoms with Gasteiger partial charge in [-0.15, -0.1) is 0 Å². The van der Waals surface area contributed by atoms with Gasteiger partial charge in [0.15, 0.2) is 5.13 Å². The van der Waals surface area contributed by atoms with E-state index in [1.807, 2.05) is 6.07 Å². The fourth-order valence-electron chi connectivity index (χ4n) is 2.13. The van der Waals surface area contributed by atoms with Crippen LogP contribution in [0.3, 0.4) is 0 Å². The van der Waals surface area contributed by atoms with Crippen LogP contribution in [0.25, 0.3) is 0 Å². The molecule has 0 aliphatic carbocycles. The van der Waals surface area contributed by atoms with E-state index in [9.17, 15) is 4.79 Å². The van der Waals surface area contributed by atoms with Crippen molar-refractivity contribution in [1.29, 1.82) is 0 Å². The van der Waals surface area contributed by atoms with Gasteiger partial charge in [0, 0.05) is 12.3 Å². The fourth-order valence-corrected chi connectivity index (χ4v) is 3.36. The highest BCUT2D eigenvalue weighted by Crippen LogP contribution is 2.42. The summed E-state index contributed by atoms with van der Waals surface area (Å²) in [6.07, 6.45) is 0.354. The maximum atomic E-state index is 11.7. The third-order valence-electron chi connectivity index (χ3n) is 2.98. The van der Waals surface area contributed by atoms with Gasteiger partial charge in [0.25, 0.3) is 0 Å². The smallest absolute Gasteiger partial charge is 0.226 e. The Morgan fingerprint density at radius 2 is 2.16 bits per heavy atom. The number of nitrogens with two attached hydrogens (primary N) is 1. The quantitative estimate of drug-likeness (QED) is 0.846. The molecular formula is C12H9Cl2N3OS. The number of hydrogen-bond acceptors (Lipinski definition) is 4. The molecule has 98 valence electrons. The van der Waals surface area contributed by atoms with Gasteiger partial charge < -0.3 is 11.1 Å². The molecule has 1 aliphatic heterocycles. The van der Waals surface area contributed by atoms with E-state index in [0.29, 0.717) is 27.4 Å². The van der Waals surface area contributed by atoms with E-state index in [-0.39, 0.29) is 11.8 Å². The van der Waals surface area contributed by atoms with Crippen molar-refractivity contribution in [2.75, 3.05) is 11.1 Å². The van der Waals surface area contributed by atoms with Gasteiger partial charge in [0.2, 0.25) is 5.91 Å². The first-order valence-corrected chi connectivity index (χ1v) is 7.13. The molecule has 4 nitrogen and oxygen atoms in total. The minimum atomic E-state index is -0.0756. The van der Waals surface area contributed by atoms with Crippen molar-refractivity contribution in [3.05, 3.63) is 38.7 Å². The Kier molecular flexibility index (Phi) is 3.12. The van der Waals surface area contributed by atoms with Crippen molar-refractivity contribution in [3.8, 4) is 0 Å². The first-order valence-electron chi connectivity index (χ1n) is 5.55. The van der Waals surface area contributed by atoms with Crippen LogP contribution in [0.5, 0.6) is 0 Å². The Bertz CT molecular complexity index is 671. The second kappa shape index (κ2) is 4.67. The molecule has 3 rings (SSSR count). The topological polar surface area (TPSA) is 68.0 Å². The zero-order chi connectivity index (χ0) is 13.6. The highest BCUT2D eigenvalue weighted by atomic mass is 35.5. The second-order valence-corrected chi connectivity index (χ2v) is 6.12. The number of halogens is 2. The molecule has 1 aromatic carbocycles. The maximum Gasteiger partial charge on any atom is 0.226 e. The largest absolute Gasteiger partial charge is 0.375 e. The van der Waals surface area contributed by atoms with Crippen LogP contribution >= 0.6 is 34.5 Å². The van der Waals surface area contributed by atoms with E-state index in [2.05, 4.69) is 10.3 Å². The molecule has 0 saturated carbocycles. The average molecular weight is 314 g/mol. The lowest BCUT2D eigenvalue weighted by molar-refractivity contribution is -0.116. The standard InChI is InChI=1S/C12H9Cl2N3OS/c13-7-2-1-5(3-8(7)14)6-4-9(18)16-11-10(6)19-12(15)17-11/h1-3,6H,4H2,(H2,15,17)(H,16,18). The molecule has 2 aromatic rings. The highest BCUT2D eigenvalue weighted by Gasteiger charge is 2.30. The first kappa shape index (κ1) is 12.7. The van der Waals surface area contributed by atoms with Gasteiger partial charge in [-0.05, 0) is 17.7 Å². The molecule has 19 heavy (non-hydrogen) atoms. The van der Waals surface area contributed by atoms with Gasteiger partial charge in [-0.25, -0.2) is 4.98 Å². The summed E-state index contributed by atoms with van der Waals surface area (Å²) < 4.78 is 0. The van der Waals surface area contributed by atoms with Crippen LogP contribution in [0, 0.1) is 0 Å². The number of nitrogens with zero attached hydrogens (tertiary/aromatic N) is 1. The summed E-state index contributed by atoms with van der Waals surface area (Å²) in [5, 5.41) is 4.14. The van der Waals surface area contributed by atoms with Gasteiger partial charge in [0.05, 0.1) is 14.9 Å². The molecule has 1 aromatic heterocycles. The number of nitrogens with one attached hydrogen (secondary N) is 1. The zero-order valence-electron chi connectivity index (χ0n) is 9.61. The lowest BCUT2D eigenvalue weighted by atomic mass is 9.92. The normalized spacial score (nSPS) is 18.0. The van der Waals surface area contributed by atoms with Crippen molar-refractivity contribution in [2.24, 2.45) is 0 Å². The van der Waals surface area contributed by atoms with E-state index in [0.717, 1.165) is 10.4 Å². The van der Waals surface area contributed by atoms with Crippen LogP contribution in [0.2, 0.25) is 10.0 Å². The molecule has 1 aliphatic rings. The monoisotopic (exact) mass is 313 g/mol. The number of aromatic nitrogens is 1. The van der Waals surface area contributed by atoms with E-state index >= 15 is 0 Å². The number of benzene rings is 1. The molecule has 2 heterocycles. The van der Waals surface area contributed by atoms with Crippen LogP contribution in [-0.4, -0.2) is 10.9 Å². The number of rotatable bonds is 1. The Labute approximate surface area is 123 Å². The van der Waals surface area contributed by atoms with Crippen LogP contribution in [0.4, 0.5) is 10.9 Å². The number of fused-ring (bicyclic) bond motifs is 1. The van der Waals surface area contributed by atoms with Gasteiger partial charge in [0.1, 0.15) is 5.82 Å². The van der Waals surface area contributed by atoms with Gasteiger partial charge in [-0.2, -0.15) is 0 Å². The third kappa shape index (κ3) is 2.29. The predicted octanol–water partition coefficient (Wildman–Crippen LogP) is 3.51. The van der Waals surface area contributed by atoms with Crippen LogP contribution in [-0.2, 0) is 4.79 Å². The molecule has 7 heteroatoms. The average Bonchev–Trinajstić information content (AvgIpc) is 2.72. The molecule has 0 saturated heterocycles. The molecule has 0 spiro atoms. The number of hydrogen-bond donors (Lipinski definition) is 2. The number of anilines is 2. The number of thiazole rings is 1. The molecule has 1 atom stereocenters. The second-order valence-electron chi connectivity index (χ2n) is 4.24. The van der Waals surface area contributed by atoms with E-state index in [1.165, 1.54) is 11.3 Å². The summed E-state index contributed by atoms with van der Waals surface area (Å²) in [4.78, 5) is 16.8. The Balaban J connectivity index is 2.09. The third-order valence-corrected chi connectivity index (χ3v) is 4.72. The molecular weight excluding hydrogens is 305 g/mol. The van der Waals surface area contributed by atoms with Crippen molar-refractivity contribution in [2.45, 2.75) is 12.3 Å². The molecule has 0 bridgehead atoms. The van der Waals surface area contributed by atoms with Crippen LogP contribution in [0.15, 0.2) is 18.2 Å². The van der Waals surface area contributed by atoms with Crippen LogP contribution < -0.4 is 11.1 Å². The number of carbonyl (C=O) groups is 1. The van der Waals surface area contributed by atoms with E-state index < -0.39 is 0 Å². The molecule has 0 fully saturated rings. The molecule has 1 unspecified atom stereocenters. The van der Waals surface area contributed by atoms with Crippen molar-refractivity contribution in [1.82, 2.24) is 4.98 Å². The SMILES string of the molecule is Nc1nc2c(s1)C(c1ccc(Cl)c(Cl)c1)CC(=O)N2. The number of carbonyl (C=O) groups excluding carboxylic acids is 1. The van der Waals surface area contributed by atoms with Crippen molar-refractivity contribution < 1.29 is 4.79 Å². The van der Waals surface area contributed by atoms with Crippen molar-refractivity contribution >= 4 is 51.4 Å². The van der Waals surface area contributed by atoms with E-state index in [1.54, 1.807) is 12.1 Å². The summed E-state index contributed by atoms with van der Waals surface area (Å²) >= 11 is 13.3. The first-order chi connectivity index (χ1) is 9.04. The lowest BCUT2D eigenvalue weighted by Gasteiger charge is -2.21. The molecule has 3 N–H and O–H groups in total. The summed E-state index contributed by atoms with van der Waals surface area (Å²) in [6, 6.07) is 5.39. The fraction of sp³-hybridized carbons (Fsp3) is 0.167. The van der Waals surface area contributed by atoms with Gasteiger partial charge in [-0.3, -0.25) is 4.79 Å². The predicted molar refractivity (Wildman–Crippen MR) is 78.1 cm³/mol. The summed E-state index contributed by atoms with van der Waals surface area (Å²) in [6.45, 7) is 0. The number of nitrogen functional groups attached to an aromatic ring is 1. The minimum Gasteiger partial charge on any atom is -0.375 e.